The number of carboxylic acid groups (broad SMARTS) is 1. The average molecular weight is 260 g/mol. The zero-order valence-corrected chi connectivity index (χ0v) is 9.67. The molecule has 96 valence electrons. The predicted molar refractivity (Wildman–Crippen MR) is 64.8 cm³/mol. The van der Waals surface area contributed by atoms with E-state index in [9.17, 15) is 14.0 Å². The van der Waals surface area contributed by atoms with Gasteiger partial charge < -0.3 is 9.84 Å². The summed E-state index contributed by atoms with van der Waals surface area (Å²) in [4.78, 5) is 22.5. The fraction of sp³-hybridized carbons (Fsp3) is 0. The normalized spacial score (nSPS) is 9.95. The zero-order chi connectivity index (χ0) is 13.8. The molecule has 5 heteroatoms. The molecule has 0 atom stereocenters. The summed E-state index contributed by atoms with van der Waals surface area (Å²) in [5, 5.41) is 8.80. The molecule has 2 aromatic carbocycles. The maximum atomic E-state index is 13.4. The lowest BCUT2D eigenvalue weighted by molar-refractivity contribution is 0.0686. The second kappa shape index (κ2) is 5.30. The summed E-state index contributed by atoms with van der Waals surface area (Å²) in [5.74, 6) is -2.65. The van der Waals surface area contributed by atoms with Crippen LogP contribution in [0.3, 0.4) is 0 Å². The fourth-order valence-corrected chi connectivity index (χ4v) is 1.48. The van der Waals surface area contributed by atoms with Crippen molar-refractivity contribution in [3.63, 3.8) is 0 Å². The predicted octanol–water partition coefficient (Wildman–Crippen LogP) is 2.74. The van der Waals surface area contributed by atoms with E-state index in [-0.39, 0.29) is 16.9 Å². The molecule has 0 amide bonds. The highest BCUT2D eigenvalue weighted by Crippen LogP contribution is 2.16. The molecule has 0 fully saturated rings. The molecule has 0 unspecified atom stereocenters. The summed E-state index contributed by atoms with van der Waals surface area (Å²) < 4.78 is 18.3. The van der Waals surface area contributed by atoms with E-state index < -0.39 is 17.8 Å². The van der Waals surface area contributed by atoms with E-state index in [1.54, 1.807) is 0 Å². The van der Waals surface area contributed by atoms with Crippen molar-refractivity contribution in [2.24, 2.45) is 0 Å². The van der Waals surface area contributed by atoms with E-state index in [2.05, 4.69) is 0 Å². The number of aromatic carboxylic acids is 1. The van der Waals surface area contributed by atoms with Crippen molar-refractivity contribution in [3.8, 4) is 5.75 Å². The fourth-order valence-electron chi connectivity index (χ4n) is 1.48. The van der Waals surface area contributed by atoms with Crippen LogP contribution in [-0.2, 0) is 0 Å². The lowest BCUT2D eigenvalue weighted by Crippen LogP contribution is -2.11. The number of carbonyl (C=O) groups excluding carboxylic acids is 1. The first-order valence-electron chi connectivity index (χ1n) is 5.38. The minimum absolute atomic E-state index is 0.0150. The molecule has 2 rings (SSSR count). The summed E-state index contributed by atoms with van der Waals surface area (Å²) in [6.45, 7) is 0. The van der Waals surface area contributed by atoms with Crippen molar-refractivity contribution in [2.45, 2.75) is 0 Å². The Labute approximate surface area is 108 Å². The van der Waals surface area contributed by atoms with Crippen LogP contribution in [0.1, 0.15) is 20.7 Å². The second-order valence-electron chi connectivity index (χ2n) is 3.70. The van der Waals surface area contributed by atoms with Crippen LogP contribution in [0, 0.1) is 5.82 Å². The third kappa shape index (κ3) is 2.95. The monoisotopic (exact) mass is 260 g/mol. The SMILES string of the molecule is O=C(O)c1cccc(OC(=O)c2ccccc2F)c1. The van der Waals surface area contributed by atoms with Gasteiger partial charge in [-0.05, 0) is 30.3 Å². The van der Waals surface area contributed by atoms with Gasteiger partial charge in [-0.25, -0.2) is 14.0 Å². The van der Waals surface area contributed by atoms with Gasteiger partial charge in [0.05, 0.1) is 11.1 Å². The third-order valence-electron chi connectivity index (χ3n) is 2.39. The maximum absolute atomic E-state index is 13.4. The first kappa shape index (κ1) is 12.8. The van der Waals surface area contributed by atoms with Crippen molar-refractivity contribution >= 4 is 11.9 Å². The Morgan fingerprint density at radius 1 is 1.05 bits per heavy atom. The first-order valence-corrected chi connectivity index (χ1v) is 5.38. The van der Waals surface area contributed by atoms with Crippen LogP contribution >= 0.6 is 0 Å². The summed E-state index contributed by atoms with van der Waals surface area (Å²) in [7, 11) is 0. The largest absolute Gasteiger partial charge is 0.478 e. The van der Waals surface area contributed by atoms with E-state index in [4.69, 9.17) is 9.84 Å². The highest BCUT2D eigenvalue weighted by atomic mass is 19.1. The Morgan fingerprint density at radius 3 is 2.47 bits per heavy atom. The number of hydrogen-bond acceptors (Lipinski definition) is 3. The standard InChI is InChI=1S/C14H9FO4/c15-12-7-2-1-6-11(12)14(18)19-10-5-3-4-9(8-10)13(16)17/h1-8H,(H,16,17). The van der Waals surface area contributed by atoms with Crippen molar-refractivity contribution < 1.29 is 23.8 Å². The van der Waals surface area contributed by atoms with Gasteiger partial charge in [0.15, 0.2) is 0 Å². The lowest BCUT2D eigenvalue weighted by Gasteiger charge is -2.05. The van der Waals surface area contributed by atoms with E-state index in [0.29, 0.717) is 0 Å². The van der Waals surface area contributed by atoms with E-state index >= 15 is 0 Å². The molecular weight excluding hydrogens is 251 g/mol. The van der Waals surface area contributed by atoms with Gasteiger partial charge >= 0.3 is 11.9 Å². The molecule has 0 saturated carbocycles. The van der Waals surface area contributed by atoms with Crippen molar-refractivity contribution in [1.29, 1.82) is 0 Å². The van der Waals surface area contributed by atoms with Gasteiger partial charge in [-0.2, -0.15) is 0 Å². The summed E-state index contributed by atoms with van der Waals surface area (Å²) in [6, 6.07) is 10.8. The van der Waals surface area contributed by atoms with Gasteiger partial charge in [0.25, 0.3) is 0 Å². The Hall–Kier alpha value is -2.69. The molecule has 0 radical (unpaired) electrons. The number of rotatable bonds is 3. The molecule has 4 nitrogen and oxygen atoms in total. The minimum Gasteiger partial charge on any atom is -0.478 e. The molecule has 0 bridgehead atoms. The Kier molecular flexibility index (Phi) is 3.56. The number of hydrogen-bond donors (Lipinski definition) is 1. The molecular formula is C14H9FO4. The number of carbonyl (C=O) groups is 2. The summed E-state index contributed by atoms with van der Waals surface area (Å²) in [5.41, 5.74) is -0.220. The molecule has 0 aliphatic heterocycles. The van der Waals surface area contributed by atoms with Crippen LogP contribution in [-0.4, -0.2) is 17.0 Å². The number of ether oxygens (including phenoxy) is 1. The van der Waals surface area contributed by atoms with Gasteiger partial charge in [0.1, 0.15) is 11.6 Å². The lowest BCUT2D eigenvalue weighted by atomic mass is 10.2. The number of carboxylic acids is 1. The van der Waals surface area contributed by atoms with Gasteiger partial charge in [0.2, 0.25) is 0 Å². The zero-order valence-electron chi connectivity index (χ0n) is 9.67. The molecule has 1 N–H and O–H groups in total. The number of benzene rings is 2. The van der Waals surface area contributed by atoms with Crippen LogP contribution in [0.4, 0.5) is 4.39 Å². The van der Waals surface area contributed by atoms with E-state index in [1.165, 1.54) is 42.5 Å². The molecule has 0 heterocycles. The highest BCUT2D eigenvalue weighted by molar-refractivity contribution is 5.92. The van der Waals surface area contributed by atoms with Gasteiger partial charge in [0, 0.05) is 0 Å². The highest BCUT2D eigenvalue weighted by Gasteiger charge is 2.14. The second-order valence-corrected chi connectivity index (χ2v) is 3.70. The van der Waals surface area contributed by atoms with Gasteiger partial charge in [-0.3, -0.25) is 0 Å². The molecule has 0 spiro atoms. The molecule has 2 aromatic rings. The van der Waals surface area contributed by atoms with E-state index in [0.717, 1.165) is 6.07 Å². The quantitative estimate of drug-likeness (QED) is 0.680. The van der Waals surface area contributed by atoms with Crippen LogP contribution < -0.4 is 4.74 Å². The Bertz CT molecular complexity index is 637. The molecule has 0 aromatic heterocycles. The third-order valence-corrected chi connectivity index (χ3v) is 2.39. The smallest absolute Gasteiger partial charge is 0.346 e. The van der Waals surface area contributed by atoms with Crippen molar-refractivity contribution in [2.75, 3.05) is 0 Å². The van der Waals surface area contributed by atoms with E-state index in [1.807, 2.05) is 0 Å². The van der Waals surface area contributed by atoms with Gasteiger partial charge in [-0.1, -0.05) is 18.2 Å². The Morgan fingerprint density at radius 2 is 1.79 bits per heavy atom. The van der Waals surface area contributed by atoms with Crippen LogP contribution in [0.15, 0.2) is 48.5 Å². The van der Waals surface area contributed by atoms with Crippen molar-refractivity contribution in [3.05, 3.63) is 65.5 Å². The van der Waals surface area contributed by atoms with Crippen LogP contribution in [0.25, 0.3) is 0 Å². The van der Waals surface area contributed by atoms with Gasteiger partial charge in [-0.15, -0.1) is 0 Å². The molecule has 19 heavy (non-hydrogen) atoms. The van der Waals surface area contributed by atoms with Crippen LogP contribution in [0.2, 0.25) is 0 Å². The van der Waals surface area contributed by atoms with Crippen LogP contribution in [0.5, 0.6) is 5.75 Å². The first-order chi connectivity index (χ1) is 9.08. The topological polar surface area (TPSA) is 63.6 Å². The number of halogens is 1. The summed E-state index contributed by atoms with van der Waals surface area (Å²) in [6.07, 6.45) is 0. The molecule has 0 aliphatic carbocycles. The maximum Gasteiger partial charge on any atom is 0.346 e. The summed E-state index contributed by atoms with van der Waals surface area (Å²) >= 11 is 0. The molecule has 0 aliphatic rings. The minimum atomic E-state index is -1.14. The Balaban J connectivity index is 2.22. The van der Waals surface area contributed by atoms with Crippen molar-refractivity contribution in [1.82, 2.24) is 0 Å². The average Bonchev–Trinajstić information content (AvgIpc) is 2.39. The molecule has 0 saturated heterocycles. The number of esters is 1.